The molecule has 0 spiro atoms. The summed E-state index contributed by atoms with van der Waals surface area (Å²) < 4.78 is 6.00. The number of benzene rings is 1. The molecule has 0 bridgehead atoms. The summed E-state index contributed by atoms with van der Waals surface area (Å²) >= 11 is 0. The Hall–Kier alpha value is -1.02. The molecule has 0 radical (unpaired) electrons. The Morgan fingerprint density at radius 1 is 1.20 bits per heavy atom. The van der Waals surface area contributed by atoms with Crippen molar-refractivity contribution >= 4 is 0 Å². The number of fused-ring (bicyclic) bond motifs is 1. The first kappa shape index (κ1) is 9.22. The minimum atomic E-state index is 0.0207. The Labute approximate surface area is 90.6 Å². The van der Waals surface area contributed by atoms with Crippen LogP contribution in [0.5, 0.6) is 5.75 Å². The van der Waals surface area contributed by atoms with Gasteiger partial charge in [0.05, 0.1) is 0 Å². The Morgan fingerprint density at radius 3 is 2.73 bits per heavy atom. The molecule has 0 amide bonds. The SMILES string of the molecule is CC1(Oc2ccc3c(c2)CCC3)CNC1. The van der Waals surface area contributed by atoms with Gasteiger partial charge in [-0.2, -0.15) is 0 Å². The summed E-state index contributed by atoms with van der Waals surface area (Å²) in [6.45, 7) is 4.09. The van der Waals surface area contributed by atoms with Gasteiger partial charge in [0.15, 0.2) is 0 Å². The van der Waals surface area contributed by atoms with E-state index in [9.17, 15) is 0 Å². The zero-order chi connectivity index (χ0) is 10.3. The van der Waals surface area contributed by atoms with Crippen LogP contribution < -0.4 is 10.1 Å². The van der Waals surface area contributed by atoms with Crippen molar-refractivity contribution < 1.29 is 4.74 Å². The zero-order valence-electron chi connectivity index (χ0n) is 9.18. The highest BCUT2D eigenvalue weighted by Gasteiger charge is 2.33. The lowest BCUT2D eigenvalue weighted by Gasteiger charge is -2.39. The van der Waals surface area contributed by atoms with Crippen LogP contribution in [0.3, 0.4) is 0 Å². The topological polar surface area (TPSA) is 21.3 Å². The predicted octanol–water partition coefficient (Wildman–Crippen LogP) is 1.92. The molecule has 1 aliphatic carbocycles. The molecule has 1 aromatic rings. The fourth-order valence-corrected chi connectivity index (χ4v) is 2.45. The molecule has 15 heavy (non-hydrogen) atoms. The molecule has 0 saturated carbocycles. The van der Waals surface area contributed by atoms with Crippen molar-refractivity contribution in [1.29, 1.82) is 0 Å². The molecule has 0 aromatic heterocycles. The third-order valence-electron chi connectivity index (χ3n) is 3.43. The fraction of sp³-hybridized carbons (Fsp3) is 0.538. The maximum atomic E-state index is 6.00. The molecule has 1 saturated heterocycles. The normalized spacial score (nSPS) is 21.9. The highest BCUT2D eigenvalue weighted by molar-refractivity contribution is 5.38. The Kier molecular flexibility index (Phi) is 1.99. The van der Waals surface area contributed by atoms with E-state index in [1.165, 1.54) is 30.4 Å². The van der Waals surface area contributed by atoms with Gasteiger partial charge in [0, 0.05) is 13.1 Å². The van der Waals surface area contributed by atoms with Crippen molar-refractivity contribution in [1.82, 2.24) is 5.32 Å². The number of hydrogen-bond donors (Lipinski definition) is 1. The number of ether oxygens (including phenoxy) is 1. The molecular formula is C13H17NO. The monoisotopic (exact) mass is 203 g/mol. The van der Waals surface area contributed by atoms with Crippen LogP contribution in [0.25, 0.3) is 0 Å². The molecule has 2 heteroatoms. The Bertz CT molecular complexity index is 382. The minimum Gasteiger partial charge on any atom is -0.485 e. The molecule has 0 atom stereocenters. The van der Waals surface area contributed by atoms with Gasteiger partial charge in [0.2, 0.25) is 0 Å². The highest BCUT2D eigenvalue weighted by Crippen LogP contribution is 2.28. The molecule has 3 rings (SSSR count). The molecule has 2 aliphatic rings. The van der Waals surface area contributed by atoms with E-state index < -0.39 is 0 Å². The molecule has 1 N–H and O–H groups in total. The van der Waals surface area contributed by atoms with Crippen molar-refractivity contribution in [3.63, 3.8) is 0 Å². The first-order valence-electron chi connectivity index (χ1n) is 5.77. The third-order valence-corrected chi connectivity index (χ3v) is 3.43. The molecule has 1 aromatic carbocycles. The largest absolute Gasteiger partial charge is 0.485 e. The number of hydrogen-bond acceptors (Lipinski definition) is 2. The van der Waals surface area contributed by atoms with Crippen LogP contribution in [0.4, 0.5) is 0 Å². The summed E-state index contributed by atoms with van der Waals surface area (Å²) in [6.07, 6.45) is 3.77. The molecule has 0 unspecified atom stereocenters. The van der Waals surface area contributed by atoms with Crippen molar-refractivity contribution in [3.05, 3.63) is 29.3 Å². The number of nitrogens with one attached hydrogen (secondary N) is 1. The quantitative estimate of drug-likeness (QED) is 0.793. The van der Waals surface area contributed by atoms with Crippen LogP contribution in [0, 0.1) is 0 Å². The van der Waals surface area contributed by atoms with Crippen LogP contribution in [0.15, 0.2) is 18.2 Å². The fourth-order valence-electron chi connectivity index (χ4n) is 2.45. The standard InChI is InChI=1S/C13H17NO/c1-13(8-14-9-13)15-12-6-5-10-3-2-4-11(10)7-12/h5-7,14H,2-4,8-9H2,1H3. The van der Waals surface area contributed by atoms with Crippen molar-refractivity contribution in [2.24, 2.45) is 0 Å². The van der Waals surface area contributed by atoms with E-state index in [-0.39, 0.29) is 5.60 Å². The van der Waals surface area contributed by atoms with Gasteiger partial charge in [-0.05, 0) is 49.4 Å². The molecule has 1 fully saturated rings. The van der Waals surface area contributed by atoms with Gasteiger partial charge in [-0.15, -0.1) is 0 Å². The van der Waals surface area contributed by atoms with Crippen LogP contribution in [0.2, 0.25) is 0 Å². The van der Waals surface area contributed by atoms with Crippen molar-refractivity contribution in [3.8, 4) is 5.75 Å². The molecule has 1 aliphatic heterocycles. The second-order valence-corrected chi connectivity index (χ2v) is 4.94. The van der Waals surface area contributed by atoms with Gasteiger partial charge < -0.3 is 10.1 Å². The summed E-state index contributed by atoms with van der Waals surface area (Å²) in [6, 6.07) is 6.58. The smallest absolute Gasteiger partial charge is 0.131 e. The van der Waals surface area contributed by atoms with Crippen LogP contribution >= 0.6 is 0 Å². The van der Waals surface area contributed by atoms with E-state index in [0.29, 0.717) is 0 Å². The summed E-state index contributed by atoms with van der Waals surface area (Å²) in [5, 5.41) is 3.25. The van der Waals surface area contributed by atoms with Gasteiger partial charge in [-0.3, -0.25) is 0 Å². The lowest BCUT2D eigenvalue weighted by molar-refractivity contribution is 0.0348. The van der Waals surface area contributed by atoms with Gasteiger partial charge in [-0.25, -0.2) is 0 Å². The van der Waals surface area contributed by atoms with Gasteiger partial charge in [0.25, 0.3) is 0 Å². The first-order valence-corrected chi connectivity index (χ1v) is 5.77. The second-order valence-electron chi connectivity index (χ2n) is 4.94. The first-order chi connectivity index (χ1) is 7.25. The summed E-state index contributed by atoms with van der Waals surface area (Å²) in [4.78, 5) is 0. The summed E-state index contributed by atoms with van der Waals surface area (Å²) in [5.41, 5.74) is 3.02. The predicted molar refractivity (Wildman–Crippen MR) is 60.4 cm³/mol. The van der Waals surface area contributed by atoms with E-state index >= 15 is 0 Å². The van der Waals surface area contributed by atoms with Gasteiger partial charge in [-0.1, -0.05) is 6.07 Å². The van der Waals surface area contributed by atoms with Crippen molar-refractivity contribution in [2.45, 2.75) is 31.8 Å². The van der Waals surface area contributed by atoms with Crippen LogP contribution in [0.1, 0.15) is 24.5 Å². The van der Waals surface area contributed by atoms with E-state index in [2.05, 4.69) is 30.4 Å². The summed E-state index contributed by atoms with van der Waals surface area (Å²) in [5.74, 6) is 1.04. The van der Waals surface area contributed by atoms with Gasteiger partial charge >= 0.3 is 0 Å². The highest BCUT2D eigenvalue weighted by atomic mass is 16.5. The molecular weight excluding hydrogens is 186 g/mol. The maximum Gasteiger partial charge on any atom is 0.131 e. The lowest BCUT2D eigenvalue weighted by atomic mass is 10.00. The second kappa shape index (κ2) is 3.24. The molecule has 1 heterocycles. The Balaban J connectivity index is 1.81. The van der Waals surface area contributed by atoms with Crippen molar-refractivity contribution in [2.75, 3.05) is 13.1 Å². The maximum absolute atomic E-state index is 6.00. The minimum absolute atomic E-state index is 0.0207. The van der Waals surface area contributed by atoms with E-state index in [4.69, 9.17) is 4.74 Å². The average molecular weight is 203 g/mol. The van der Waals surface area contributed by atoms with Gasteiger partial charge in [0.1, 0.15) is 11.4 Å². The summed E-state index contributed by atoms with van der Waals surface area (Å²) in [7, 11) is 0. The molecule has 2 nitrogen and oxygen atoms in total. The zero-order valence-corrected chi connectivity index (χ0v) is 9.18. The van der Waals surface area contributed by atoms with Crippen LogP contribution in [-0.2, 0) is 12.8 Å². The van der Waals surface area contributed by atoms with E-state index in [0.717, 1.165) is 18.8 Å². The van der Waals surface area contributed by atoms with E-state index in [1.807, 2.05) is 0 Å². The third kappa shape index (κ3) is 1.63. The lowest BCUT2D eigenvalue weighted by Crippen LogP contribution is -2.61. The number of aryl methyl sites for hydroxylation is 2. The average Bonchev–Trinajstić information content (AvgIpc) is 2.62. The number of rotatable bonds is 2. The Morgan fingerprint density at radius 2 is 2.00 bits per heavy atom. The molecule has 80 valence electrons. The van der Waals surface area contributed by atoms with E-state index in [1.54, 1.807) is 0 Å². The van der Waals surface area contributed by atoms with Crippen LogP contribution in [-0.4, -0.2) is 18.7 Å².